The van der Waals surface area contributed by atoms with E-state index in [1.807, 2.05) is 25.3 Å². The van der Waals surface area contributed by atoms with E-state index in [0.717, 1.165) is 51.3 Å². The molecule has 5 heterocycles. The third kappa shape index (κ3) is 4.56. The number of nitrogens with one attached hydrogen (secondary N) is 1. The van der Waals surface area contributed by atoms with Crippen molar-refractivity contribution in [3.05, 3.63) is 54.2 Å². The average Bonchev–Trinajstić information content (AvgIpc) is 3.22. The predicted molar refractivity (Wildman–Crippen MR) is 142 cm³/mol. The van der Waals surface area contributed by atoms with Crippen LogP contribution in [0, 0.1) is 18.6 Å². The van der Waals surface area contributed by atoms with Gasteiger partial charge in [-0.1, -0.05) is 0 Å². The van der Waals surface area contributed by atoms with Crippen molar-refractivity contribution < 1.29 is 13.5 Å². The van der Waals surface area contributed by atoms with E-state index in [9.17, 15) is 8.78 Å². The van der Waals surface area contributed by atoms with Crippen LogP contribution in [0.5, 0.6) is 0 Å². The van der Waals surface area contributed by atoms with Gasteiger partial charge in [0.2, 0.25) is 5.95 Å². The van der Waals surface area contributed by atoms with Gasteiger partial charge in [0, 0.05) is 37.8 Å². The lowest BCUT2D eigenvalue weighted by molar-refractivity contribution is -0.0660. The first-order valence-corrected chi connectivity index (χ1v) is 12.9. The minimum Gasteiger partial charge on any atom is -0.378 e. The third-order valence-electron chi connectivity index (χ3n) is 7.30. The maximum Gasteiger partial charge on any atom is 0.228 e. The fourth-order valence-corrected chi connectivity index (χ4v) is 5.25. The van der Waals surface area contributed by atoms with E-state index in [-0.39, 0.29) is 17.1 Å². The number of rotatable bonds is 6. The maximum absolute atomic E-state index is 15.0. The van der Waals surface area contributed by atoms with Crippen molar-refractivity contribution in [1.82, 2.24) is 29.4 Å². The quantitative estimate of drug-likeness (QED) is 0.403. The molecular weight excluding hydrogens is 490 g/mol. The fourth-order valence-electron chi connectivity index (χ4n) is 5.25. The summed E-state index contributed by atoms with van der Waals surface area (Å²) in [6.07, 6.45) is 4.67. The topological polar surface area (TPSA) is 84.2 Å². The highest BCUT2D eigenvalue weighted by Crippen LogP contribution is 2.32. The van der Waals surface area contributed by atoms with Crippen LogP contribution in [-0.4, -0.2) is 74.8 Å². The highest BCUT2D eigenvalue weighted by Gasteiger charge is 2.29. The molecule has 6 rings (SSSR count). The number of hydrogen-bond donors (Lipinski definition) is 1. The molecule has 2 saturated heterocycles. The Morgan fingerprint density at radius 1 is 0.947 bits per heavy atom. The van der Waals surface area contributed by atoms with Crippen LogP contribution in [0.25, 0.3) is 22.2 Å². The second kappa shape index (κ2) is 9.88. The SMILES string of the molecule is Cc1nc2c(F)cc(-c3cc(Nc4ncc(N5CCN(C6COC6)CC5)cn4)ncc3F)cc2n1C(C)C. The van der Waals surface area contributed by atoms with Gasteiger partial charge in [-0.2, -0.15) is 0 Å². The molecule has 4 aromatic rings. The van der Waals surface area contributed by atoms with Crippen molar-refractivity contribution in [2.24, 2.45) is 0 Å². The Hall–Kier alpha value is -3.70. The summed E-state index contributed by atoms with van der Waals surface area (Å²) in [7, 11) is 0. The van der Waals surface area contributed by atoms with Crippen LogP contribution in [0.4, 0.5) is 26.2 Å². The molecule has 2 aliphatic heterocycles. The van der Waals surface area contributed by atoms with Gasteiger partial charge in [0.1, 0.15) is 23.0 Å². The highest BCUT2D eigenvalue weighted by molar-refractivity contribution is 5.84. The molecule has 38 heavy (non-hydrogen) atoms. The second-order valence-corrected chi connectivity index (χ2v) is 10.1. The number of fused-ring (bicyclic) bond motifs is 1. The number of piperazine rings is 1. The zero-order valence-corrected chi connectivity index (χ0v) is 21.7. The van der Waals surface area contributed by atoms with Gasteiger partial charge in [-0.15, -0.1) is 0 Å². The molecule has 0 atom stereocenters. The van der Waals surface area contributed by atoms with E-state index in [4.69, 9.17) is 4.74 Å². The number of pyridine rings is 1. The zero-order valence-electron chi connectivity index (χ0n) is 21.7. The Morgan fingerprint density at radius 3 is 2.34 bits per heavy atom. The number of aromatic nitrogens is 5. The van der Waals surface area contributed by atoms with Crippen LogP contribution in [0.3, 0.4) is 0 Å². The molecule has 0 spiro atoms. The molecule has 9 nitrogen and oxygen atoms in total. The van der Waals surface area contributed by atoms with Crippen LogP contribution < -0.4 is 10.2 Å². The summed E-state index contributed by atoms with van der Waals surface area (Å²) in [4.78, 5) is 22.1. The lowest BCUT2D eigenvalue weighted by Gasteiger charge is -2.43. The molecule has 11 heteroatoms. The van der Waals surface area contributed by atoms with Crippen molar-refractivity contribution in [2.75, 3.05) is 49.6 Å². The first kappa shape index (κ1) is 24.6. The molecule has 0 saturated carbocycles. The minimum absolute atomic E-state index is 0.0792. The average molecular weight is 521 g/mol. The summed E-state index contributed by atoms with van der Waals surface area (Å²) in [5.74, 6) is 0.370. The van der Waals surface area contributed by atoms with Gasteiger partial charge >= 0.3 is 0 Å². The summed E-state index contributed by atoms with van der Waals surface area (Å²) in [5.41, 5.74) is 2.49. The number of anilines is 3. The number of imidazole rings is 1. The first-order chi connectivity index (χ1) is 18.4. The number of halogens is 2. The van der Waals surface area contributed by atoms with Gasteiger partial charge in [-0.05, 0) is 44.5 Å². The molecule has 0 unspecified atom stereocenters. The van der Waals surface area contributed by atoms with Crippen molar-refractivity contribution >= 4 is 28.5 Å². The molecule has 0 radical (unpaired) electrons. The number of benzene rings is 1. The van der Waals surface area contributed by atoms with Gasteiger partial charge in [-0.25, -0.2) is 28.7 Å². The summed E-state index contributed by atoms with van der Waals surface area (Å²) < 4.78 is 37.1. The van der Waals surface area contributed by atoms with E-state index in [1.165, 1.54) is 6.07 Å². The Morgan fingerprint density at radius 2 is 1.68 bits per heavy atom. The smallest absolute Gasteiger partial charge is 0.228 e. The Balaban J connectivity index is 1.20. The van der Waals surface area contributed by atoms with Gasteiger partial charge in [0.05, 0.1) is 49.1 Å². The fraction of sp³-hybridized carbons (Fsp3) is 0.407. The van der Waals surface area contributed by atoms with Crippen molar-refractivity contribution in [3.8, 4) is 11.1 Å². The van der Waals surface area contributed by atoms with Crippen LogP contribution >= 0.6 is 0 Å². The van der Waals surface area contributed by atoms with E-state index >= 15 is 0 Å². The van der Waals surface area contributed by atoms with Crippen LogP contribution in [0.1, 0.15) is 25.7 Å². The van der Waals surface area contributed by atoms with Gasteiger partial charge in [0.25, 0.3) is 0 Å². The summed E-state index contributed by atoms with van der Waals surface area (Å²) in [6, 6.07) is 5.25. The summed E-state index contributed by atoms with van der Waals surface area (Å²) in [6.45, 7) is 11.3. The number of ether oxygens (including phenoxy) is 1. The standard InChI is InChI=1S/C27H30F2N8O/c1-16(2)37-17(3)33-26-22(28)8-18(9-24(26)37)21-10-25(30-13-23(21)29)34-27-31-11-19(12-32-27)35-4-6-36(7-5-35)20-14-38-15-20/h8-13,16,20H,4-7,14-15H2,1-3H3,(H,30,31,32,34). The van der Waals surface area contributed by atoms with Gasteiger partial charge in [0.15, 0.2) is 5.82 Å². The first-order valence-electron chi connectivity index (χ1n) is 12.9. The van der Waals surface area contributed by atoms with Gasteiger partial charge in [-0.3, -0.25) is 4.90 Å². The molecule has 1 aromatic carbocycles. The lowest BCUT2D eigenvalue weighted by atomic mass is 10.0. The molecule has 3 aromatic heterocycles. The van der Waals surface area contributed by atoms with E-state index < -0.39 is 11.6 Å². The van der Waals surface area contributed by atoms with E-state index in [1.54, 1.807) is 24.5 Å². The highest BCUT2D eigenvalue weighted by atomic mass is 19.1. The molecule has 198 valence electrons. The molecule has 0 amide bonds. The largest absolute Gasteiger partial charge is 0.378 e. The van der Waals surface area contributed by atoms with Crippen LogP contribution in [-0.2, 0) is 4.74 Å². The summed E-state index contributed by atoms with van der Waals surface area (Å²) in [5, 5.41) is 3.04. The Bertz CT molecular complexity index is 1460. The van der Waals surface area contributed by atoms with Crippen molar-refractivity contribution in [1.29, 1.82) is 0 Å². The molecule has 0 aliphatic carbocycles. The van der Waals surface area contributed by atoms with Crippen LogP contribution in [0.15, 0.2) is 36.8 Å². The number of aryl methyl sites for hydroxylation is 1. The molecule has 2 fully saturated rings. The monoisotopic (exact) mass is 520 g/mol. The molecular formula is C27H30F2N8O. The van der Waals surface area contributed by atoms with Crippen molar-refractivity contribution in [3.63, 3.8) is 0 Å². The number of hydrogen-bond acceptors (Lipinski definition) is 8. The van der Waals surface area contributed by atoms with Gasteiger partial charge < -0.3 is 19.5 Å². The molecule has 2 aliphatic rings. The van der Waals surface area contributed by atoms with E-state index in [0.29, 0.717) is 34.7 Å². The van der Waals surface area contributed by atoms with Crippen molar-refractivity contribution in [2.45, 2.75) is 32.9 Å². The Kier molecular flexibility index (Phi) is 6.40. The Labute approximate surface area is 219 Å². The predicted octanol–water partition coefficient (Wildman–Crippen LogP) is 4.32. The molecule has 0 bridgehead atoms. The van der Waals surface area contributed by atoms with Crippen LogP contribution in [0.2, 0.25) is 0 Å². The zero-order chi connectivity index (χ0) is 26.4. The minimum atomic E-state index is -0.550. The van der Waals surface area contributed by atoms with E-state index in [2.05, 4.69) is 35.1 Å². The lowest BCUT2D eigenvalue weighted by Crippen LogP contribution is -2.56. The number of nitrogens with zero attached hydrogens (tertiary/aromatic N) is 7. The third-order valence-corrected chi connectivity index (χ3v) is 7.30. The second-order valence-electron chi connectivity index (χ2n) is 10.1. The maximum atomic E-state index is 15.0. The normalized spacial score (nSPS) is 16.8. The summed E-state index contributed by atoms with van der Waals surface area (Å²) >= 11 is 0. The molecule has 1 N–H and O–H groups in total.